The number of benzene rings is 1. The van der Waals surface area contributed by atoms with E-state index in [1.165, 1.54) is 5.01 Å². The minimum Gasteiger partial charge on any atom is -0.346 e. The highest BCUT2D eigenvalue weighted by atomic mass is 16.2. The van der Waals surface area contributed by atoms with Gasteiger partial charge in [0.25, 0.3) is 11.8 Å². The van der Waals surface area contributed by atoms with Gasteiger partial charge in [0.1, 0.15) is 6.04 Å². The first-order valence-corrected chi connectivity index (χ1v) is 6.26. The zero-order valence-electron chi connectivity index (χ0n) is 11.2. The molecule has 104 valence electrons. The van der Waals surface area contributed by atoms with Gasteiger partial charge in [0.2, 0.25) is 5.84 Å². The van der Waals surface area contributed by atoms with Crippen LogP contribution >= 0.6 is 0 Å². The van der Waals surface area contributed by atoms with Crippen LogP contribution < -0.4 is 15.8 Å². The number of aliphatic imine (C=N–C) groups is 1. The van der Waals surface area contributed by atoms with Gasteiger partial charge in [0.15, 0.2) is 0 Å². The van der Waals surface area contributed by atoms with Crippen molar-refractivity contribution in [3.63, 3.8) is 0 Å². The molecule has 1 atom stereocenters. The maximum absolute atomic E-state index is 12.1. The summed E-state index contributed by atoms with van der Waals surface area (Å²) in [5.41, 5.74) is 3.41. The predicted octanol–water partition coefficient (Wildman–Crippen LogP) is 0.627. The number of anilines is 1. The highest BCUT2D eigenvalue weighted by Gasteiger charge is 2.30. The lowest BCUT2D eigenvalue weighted by Gasteiger charge is -2.30. The zero-order valence-corrected chi connectivity index (χ0v) is 11.2. The monoisotopic (exact) mass is 272 g/mol. The van der Waals surface area contributed by atoms with Crippen LogP contribution in [0.2, 0.25) is 0 Å². The quantitative estimate of drug-likeness (QED) is 0.789. The summed E-state index contributed by atoms with van der Waals surface area (Å²) in [5, 5.41) is 3.96. The lowest BCUT2D eigenvalue weighted by atomic mass is 10.2. The second kappa shape index (κ2) is 6.01. The molecule has 0 spiro atoms. The van der Waals surface area contributed by atoms with Crippen molar-refractivity contribution in [1.82, 2.24) is 10.7 Å². The number of carbonyl (C=O) groups is 2. The van der Waals surface area contributed by atoms with E-state index in [-0.39, 0.29) is 17.6 Å². The van der Waals surface area contributed by atoms with Gasteiger partial charge in [-0.25, -0.2) is 10.0 Å². The molecule has 0 aliphatic carbocycles. The van der Waals surface area contributed by atoms with Crippen LogP contribution in [-0.2, 0) is 9.59 Å². The number of nitrogens with one attached hydrogen (secondary N) is 2. The standard InChI is InChI=1S/C14H16N4O2/c1-3-9-15-13(19)12-16-10(2)14(20)18(17-12)11-7-5-4-6-8-11/h3-8,10H,1,9H2,2H3,(H,15,19)(H,16,17). The summed E-state index contributed by atoms with van der Waals surface area (Å²) in [6.07, 6.45) is 1.57. The SMILES string of the molecule is C=CCNC(=O)C1=NC(C)C(=O)N(c2ccccc2)N1. The minimum atomic E-state index is -0.610. The number of hydrogen-bond donors (Lipinski definition) is 2. The topological polar surface area (TPSA) is 73.8 Å². The van der Waals surface area contributed by atoms with Crippen LogP contribution in [0.4, 0.5) is 5.69 Å². The molecule has 0 fully saturated rings. The van der Waals surface area contributed by atoms with Crippen molar-refractivity contribution >= 4 is 23.3 Å². The first kappa shape index (κ1) is 13.8. The van der Waals surface area contributed by atoms with E-state index in [1.807, 2.05) is 18.2 Å². The number of amidine groups is 1. The largest absolute Gasteiger partial charge is 0.346 e. The first-order chi connectivity index (χ1) is 9.63. The van der Waals surface area contributed by atoms with Crippen LogP contribution in [0.5, 0.6) is 0 Å². The molecule has 1 aromatic rings. The molecule has 1 heterocycles. The Morgan fingerprint density at radius 3 is 2.85 bits per heavy atom. The van der Waals surface area contributed by atoms with Crippen molar-refractivity contribution in [3.8, 4) is 0 Å². The van der Waals surface area contributed by atoms with E-state index in [4.69, 9.17) is 0 Å². The second-order valence-electron chi connectivity index (χ2n) is 4.27. The number of nitrogens with zero attached hydrogens (tertiary/aromatic N) is 2. The molecule has 2 N–H and O–H groups in total. The van der Waals surface area contributed by atoms with Crippen molar-refractivity contribution in [3.05, 3.63) is 43.0 Å². The third kappa shape index (κ3) is 2.85. The lowest BCUT2D eigenvalue weighted by Crippen LogP contribution is -2.58. The lowest BCUT2D eigenvalue weighted by molar-refractivity contribution is -0.120. The summed E-state index contributed by atoms with van der Waals surface area (Å²) < 4.78 is 0. The Labute approximate surface area is 117 Å². The highest BCUT2D eigenvalue weighted by Crippen LogP contribution is 2.15. The summed E-state index contributed by atoms with van der Waals surface area (Å²) in [6, 6.07) is 8.44. The van der Waals surface area contributed by atoms with Crippen molar-refractivity contribution in [1.29, 1.82) is 0 Å². The van der Waals surface area contributed by atoms with Gasteiger partial charge in [0.05, 0.1) is 5.69 Å². The van der Waals surface area contributed by atoms with Crippen LogP contribution in [-0.4, -0.2) is 30.2 Å². The maximum atomic E-state index is 12.1. The minimum absolute atomic E-state index is 0.114. The molecule has 20 heavy (non-hydrogen) atoms. The Balaban J connectivity index is 2.21. The Morgan fingerprint density at radius 2 is 2.20 bits per heavy atom. The van der Waals surface area contributed by atoms with Crippen molar-refractivity contribution in [2.75, 3.05) is 11.6 Å². The molecule has 1 aliphatic heterocycles. The number of amides is 2. The van der Waals surface area contributed by atoms with E-state index in [2.05, 4.69) is 22.3 Å². The van der Waals surface area contributed by atoms with Gasteiger partial charge in [-0.1, -0.05) is 24.3 Å². The summed E-state index contributed by atoms with van der Waals surface area (Å²) >= 11 is 0. The second-order valence-corrected chi connectivity index (χ2v) is 4.27. The molecule has 0 bridgehead atoms. The molecule has 1 unspecified atom stereocenters. The zero-order chi connectivity index (χ0) is 14.5. The molecule has 6 nitrogen and oxygen atoms in total. The Bertz CT molecular complexity index is 554. The predicted molar refractivity (Wildman–Crippen MR) is 77.2 cm³/mol. The molecule has 1 aliphatic rings. The molecular weight excluding hydrogens is 256 g/mol. The molecule has 0 aromatic heterocycles. The summed E-state index contributed by atoms with van der Waals surface area (Å²) in [4.78, 5) is 28.1. The van der Waals surface area contributed by atoms with E-state index in [1.54, 1.807) is 25.1 Å². The van der Waals surface area contributed by atoms with Gasteiger partial charge in [-0.2, -0.15) is 0 Å². The molecular formula is C14H16N4O2. The fourth-order valence-corrected chi connectivity index (χ4v) is 1.75. The van der Waals surface area contributed by atoms with E-state index in [9.17, 15) is 9.59 Å². The Kier molecular flexibility index (Phi) is 4.14. The normalized spacial score (nSPS) is 18.1. The fraction of sp³-hybridized carbons (Fsp3) is 0.214. The number of rotatable bonds is 4. The van der Waals surface area contributed by atoms with Crippen LogP contribution in [0.3, 0.4) is 0 Å². The average Bonchev–Trinajstić information content (AvgIpc) is 2.48. The van der Waals surface area contributed by atoms with Crippen LogP contribution in [0.15, 0.2) is 48.0 Å². The van der Waals surface area contributed by atoms with Crippen LogP contribution in [0, 0.1) is 0 Å². The maximum Gasteiger partial charge on any atom is 0.288 e. The Hall–Kier alpha value is -2.63. The van der Waals surface area contributed by atoms with Gasteiger partial charge in [-0.15, -0.1) is 6.58 Å². The van der Waals surface area contributed by atoms with Crippen LogP contribution in [0.1, 0.15) is 6.92 Å². The number of hydrazine groups is 1. The van der Waals surface area contributed by atoms with Gasteiger partial charge >= 0.3 is 0 Å². The number of hydrogen-bond acceptors (Lipinski definition) is 4. The van der Waals surface area contributed by atoms with Gasteiger partial charge in [0, 0.05) is 6.54 Å². The number of para-hydroxylation sites is 1. The van der Waals surface area contributed by atoms with Gasteiger partial charge < -0.3 is 5.32 Å². The van der Waals surface area contributed by atoms with Crippen molar-refractivity contribution < 1.29 is 9.59 Å². The van der Waals surface area contributed by atoms with E-state index < -0.39 is 6.04 Å². The van der Waals surface area contributed by atoms with E-state index in [0.29, 0.717) is 12.2 Å². The fourth-order valence-electron chi connectivity index (χ4n) is 1.75. The van der Waals surface area contributed by atoms with Crippen molar-refractivity contribution in [2.24, 2.45) is 4.99 Å². The molecule has 6 heteroatoms. The molecule has 0 saturated heterocycles. The first-order valence-electron chi connectivity index (χ1n) is 6.26. The van der Waals surface area contributed by atoms with E-state index in [0.717, 1.165) is 0 Å². The molecule has 2 amide bonds. The van der Waals surface area contributed by atoms with E-state index >= 15 is 0 Å². The Morgan fingerprint density at radius 1 is 1.50 bits per heavy atom. The third-order valence-corrected chi connectivity index (χ3v) is 2.75. The summed E-state index contributed by atoms with van der Waals surface area (Å²) in [5.74, 6) is -0.468. The smallest absolute Gasteiger partial charge is 0.288 e. The molecule has 2 rings (SSSR count). The number of carbonyl (C=O) groups excluding carboxylic acids is 2. The average molecular weight is 272 g/mol. The molecule has 0 saturated carbocycles. The molecule has 1 aromatic carbocycles. The highest BCUT2D eigenvalue weighted by molar-refractivity contribution is 6.39. The summed E-state index contributed by atoms with van der Waals surface area (Å²) in [7, 11) is 0. The third-order valence-electron chi connectivity index (χ3n) is 2.75. The van der Waals surface area contributed by atoms with Gasteiger partial charge in [-0.05, 0) is 19.1 Å². The van der Waals surface area contributed by atoms with Crippen LogP contribution in [0.25, 0.3) is 0 Å². The molecule has 0 radical (unpaired) electrons. The van der Waals surface area contributed by atoms with Gasteiger partial charge in [-0.3, -0.25) is 15.0 Å². The summed E-state index contributed by atoms with van der Waals surface area (Å²) in [6.45, 7) is 5.52. The van der Waals surface area contributed by atoms with Crippen molar-refractivity contribution in [2.45, 2.75) is 13.0 Å².